The monoisotopic (exact) mass is 983 g/mol. The summed E-state index contributed by atoms with van der Waals surface area (Å²) in [4.78, 5) is 68.9. The van der Waals surface area contributed by atoms with Crippen LogP contribution in [0, 0.1) is 24.2 Å². The van der Waals surface area contributed by atoms with Crippen molar-refractivity contribution in [3.05, 3.63) is 87.7 Å². The molecule has 18 heteroatoms. The highest BCUT2D eigenvalue weighted by molar-refractivity contribution is 6.34. The number of benzene rings is 3. The van der Waals surface area contributed by atoms with Gasteiger partial charge in [-0.05, 0) is 137 Å². The van der Waals surface area contributed by atoms with E-state index < -0.39 is 23.8 Å². The van der Waals surface area contributed by atoms with Crippen molar-refractivity contribution in [3.63, 3.8) is 0 Å². The third kappa shape index (κ3) is 10.6. The fraction of sp³-hybridized carbons (Fsp3) is 0.500. The summed E-state index contributed by atoms with van der Waals surface area (Å²) in [6.45, 7) is 9.29. The van der Waals surface area contributed by atoms with Crippen LogP contribution in [0.25, 0.3) is 16.5 Å². The number of urea groups is 1. The number of nitrogen functional groups attached to an aromatic ring is 1. The van der Waals surface area contributed by atoms with Gasteiger partial charge < -0.3 is 25.6 Å². The summed E-state index contributed by atoms with van der Waals surface area (Å²) in [6, 6.07) is 11.3. The number of carbonyl (C=O) groups excluding carboxylic acids is 4. The number of nitrogens with two attached hydrogens (primary N) is 1. The van der Waals surface area contributed by atoms with Crippen molar-refractivity contribution in [3.8, 4) is 5.75 Å². The molecule has 3 aliphatic heterocycles. The Morgan fingerprint density at radius 2 is 1.67 bits per heavy atom. The molecule has 4 heterocycles. The Kier molecular flexibility index (Phi) is 14.1. The van der Waals surface area contributed by atoms with Gasteiger partial charge in [-0.15, -0.1) is 0 Å². The zero-order valence-corrected chi connectivity index (χ0v) is 40.7. The van der Waals surface area contributed by atoms with Gasteiger partial charge in [-0.1, -0.05) is 17.7 Å². The molecule has 4 aromatic rings. The van der Waals surface area contributed by atoms with Crippen LogP contribution in [0.5, 0.6) is 5.75 Å². The highest BCUT2D eigenvalue weighted by atomic mass is 35.5. The molecule has 0 bridgehead atoms. The molecule has 3 saturated heterocycles. The van der Waals surface area contributed by atoms with Gasteiger partial charge in [-0.2, -0.15) is 13.2 Å². The number of carbonyl (C=O) groups is 4. The van der Waals surface area contributed by atoms with E-state index in [4.69, 9.17) is 22.1 Å². The van der Waals surface area contributed by atoms with Gasteiger partial charge in [0.2, 0.25) is 11.8 Å². The first-order valence-electron chi connectivity index (χ1n) is 24.5. The Balaban J connectivity index is 0.750. The molecule has 4 fully saturated rings. The molecule has 9 rings (SSSR count). The number of likely N-dealkylation sites (tertiary alicyclic amines) is 1. The first-order valence-corrected chi connectivity index (χ1v) is 24.8. The Bertz CT molecular complexity index is 2710. The van der Waals surface area contributed by atoms with Gasteiger partial charge in [0.05, 0.1) is 34.9 Å². The number of anilines is 3. The van der Waals surface area contributed by atoms with Crippen molar-refractivity contribution in [2.24, 2.45) is 17.3 Å². The number of piperidine rings is 1. The summed E-state index contributed by atoms with van der Waals surface area (Å²) < 4.78 is 46.8. The van der Waals surface area contributed by atoms with Crippen molar-refractivity contribution in [1.29, 1.82) is 0 Å². The van der Waals surface area contributed by atoms with Crippen molar-refractivity contribution < 1.29 is 37.1 Å². The number of hydrogen-bond donors (Lipinski definition) is 3. The smallest absolute Gasteiger partial charge is 0.416 e. The van der Waals surface area contributed by atoms with Gasteiger partial charge in [-0.25, -0.2) is 14.8 Å². The van der Waals surface area contributed by atoms with Crippen molar-refractivity contribution in [2.75, 3.05) is 75.4 Å². The van der Waals surface area contributed by atoms with Gasteiger partial charge in [0.1, 0.15) is 17.4 Å². The first-order chi connectivity index (χ1) is 33.5. The fourth-order valence-electron chi connectivity index (χ4n) is 11.2. The van der Waals surface area contributed by atoms with Crippen molar-refractivity contribution in [1.82, 2.24) is 30.0 Å². The number of allylic oxidation sites excluding steroid dienone is 2. The molecule has 70 heavy (non-hydrogen) atoms. The average Bonchev–Trinajstić information content (AvgIpc) is 3.34. The normalized spacial score (nSPS) is 20.9. The SMILES string of the molecule is COc1cc2nc(C)nc(NC(C)c3cc(N)cc(C(F)(F)F)c3)c2cc1C1=CCC(C(=O)N2CCN(CC3CCC4(CC3)CCN(C(=O)c3ccc(Cl)c(N5CCC(=O)NC5=O)c3)CC4)CC2)CC1. The quantitative estimate of drug-likeness (QED) is 0.130. The van der Waals surface area contributed by atoms with E-state index >= 15 is 0 Å². The number of halogens is 4. The van der Waals surface area contributed by atoms with Crippen LogP contribution in [0.4, 0.5) is 35.2 Å². The summed E-state index contributed by atoms with van der Waals surface area (Å²) >= 11 is 6.44. The summed E-state index contributed by atoms with van der Waals surface area (Å²) in [5, 5.41) is 6.68. The zero-order valence-electron chi connectivity index (χ0n) is 40.0. The highest BCUT2D eigenvalue weighted by Gasteiger charge is 2.40. The van der Waals surface area contributed by atoms with Gasteiger partial charge >= 0.3 is 12.2 Å². The molecule has 5 aliphatic rings. The molecule has 0 radical (unpaired) electrons. The van der Waals surface area contributed by atoms with E-state index in [9.17, 15) is 32.3 Å². The number of imide groups is 1. The molecule has 5 amide bonds. The Morgan fingerprint density at radius 3 is 2.34 bits per heavy atom. The second-order valence-corrected chi connectivity index (χ2v) is 20.3. The van der Waals surface area contributed by atoms with E-state index in [1.54, 1.807) is 39.2 Å². The third-order valence-corrected chi connectivity index (χ3v) is 15.7. The standard InChI is InChI=1S/C52H61ClF3N9O5/c1-31(37-24-38(52(54,55)56)27-39(57)25-37)58-47-41-28-40(45(70-3)29-43(41)59-32(2)60-47)34-4-6-35(7-5-34)48(67)64-22-20-62(21-23-64)30-33-10-13-51(14-11-33)15-18-63(19-16-51)49(68)36-8-9-42(53)44(26-36)65-17-12-46(66)61-50(65)69/h4,8-9,24-29,31,33,35H,5-7,10-23,30,57H2,1-3H3,(H,58,59,60)(H,61,66,69). The van der Waals surface area contributed by atoms with Crippen LogP contribution in [0.2, 0.25) is 5.02 Å². The lowest BCUT2D eigenvalue weighted by Crippen LogP contribution is -2.51. The van der Waals surface area contributed by atoms with E-state index in [1.165, 1.54) is 11.0 Å². The minimum atomic E-state index is -4.53. The number of methoxy groups -OCH3 is 1. The molecule has 1 aromatic heterocycles. The van der Waals surface area contributed by atoms with Gasteiger partial charge in [0.15, 0.2) is 0 Å². The topological polar surface area (TPSA) is 166 Å². The molecule has 1 spiro atoms. The largest absolute Gasteiger partial charge is 0.496 e. The number of aryl methyl sites for hydroxylation is 1. The van der Waals surface area contributed by atoms with Gasteiger partial charge in [-0.3, -0.25) is 29.5 Å². The number of nitrogens with zero attached hydrogens (tertiary/aromatic N) is 6. The maximum absolute atomic E-state index is 13.9. The number of alkyl halides is 3. The lowest BCUT2D eigenvalue weighted by molar-refractivity contribution is -0.138. The molecular weight excluding hydrogens is 923 g/mol. The molecule has 3 aromatic carbocycles. The molecular formula is C52H61ClF3N9O5. The second kappa shape index (κ2) is 20.1. The molecule has 4 N–H and O–H groups in total. The van der Waals surface area contributed by atoms with Crippen LogP contribution in [0.3, 0.4) is 0 Å². The highest BCUT2D eigenvalue weighted by Crippen LogP contribution is 2.47. The van der Waals surface area contributed by atoms with Crippen LogP contribution in [-0.4, -0.2) is 108 Å². The lowest BCUT2D eigenvalue weighted by atomic mass is 9.65. The Hall–Kier alpha value is -5.94. The molecule has 1 saturated carbocycles. The number of rotatable bonds is 10. The van der Waals surface area contributed by atoms with E-state index in [-0.39, 0.29) is 47.7 Å². The van der Waals surface area contributed by atoms with E-state index in [2.05, 4.69) is 31.6 Å². The van der Waals surface area contributed by atoms with Crippen LogP contribution >= 0.6 is 11.6 Å². The van der Waals surface area contributed by atoms with E-state index in [0.717, 1.165) is 81.4 Å². The number of amides is 5. The molecule has 2 atom stereocenters. The summed E-state index contributed by atoms with van der Waals surface area (Å²) in [5.41, 5.74) is 9.19. The summed E-state index contributed by atoms with van der Waals surface area (Å²) in [7, 11) is 1.61. The van der Waals surface area contributed by atoms with E-state index in [0.29, 0.717) is 101 Å². The number of ether oxygens (including phenoxy) is 1. The lowest BCUT2D eigenvalue weighted by Gasteiger charge is -2.47. The first kappa shape index (κ1) is 49.1. The average molecular weight is 985 g/mol. The van der Waals surface area contributed by atoms with Crippen LogP contribution in [0.15, 0.2) is 54.6 Å². The number of aromatic nitrogens is 2. The number of fused-ring (bicyclic) bond motifs is 1. The number of nitrogens with one attached hydrogen (secondary N) is 2. The van der Waals surface area contributed by atoms with Gasteiger partial charge in [0.25, 0.3) is 5.91 Å². The zero-order chi connectivity index (χ0) is 49.5. The van der Waals surface area contributed by atoms with Gasteiger partial charge in [0, 0.05) is 93.0 Å². The van der Waals surface area contributed by atoms with Crippen molar-refractivity contribution in [2.45, 2.75) is 90.3 Å². The van der Waals surface area contributed by atoms with Crippen LogP contribution < -0.4 is 26.0 Å². The molecule has 14 nitrogen and oxygen atoms in total. The van der Waals surface area contributed by atoms with Crippen LogP contribution in [0.1, 0.15) is 110 Å². The van der Waals surface area contributed by atoms with Crippen molar-refractivity contribution >= 4 is 69.0 Å². The third-order valence-electron chi connectivity index (χ3n) is 15.4. The number of piperazine rings is 1. The Labute approximate surface area is 411 Å². The maximum atomic E-state index is 13.9. The minimum Gasteiger partial charge on any atom is -0.496 e. The number of hydrogen-bond acceptors (Lipinski definition) is 10. The maximum Gasteiger partial charge on any atom is 0.416 e. The second-order valence-electron chi connectivity index (χ2n) is 19.9. The fourth-order valence-corrected chi connectivity index (χ4v) is 11.5. The predicted octanol–water partition coefficient (Wildman–Crippen LogP) is 9.26. The summed E-state index contributed by atoms with van der Waals surface area (Å²) in [6.07, 6.45) is 6.32. The molecule has 2 aliphatic carbocycles. The summed E-state index contributed by atoms with van der Waals surface area (Å²) in [5.74, 6) is 1.92. The Morgan fingerprint density at radius 1 is 0.929 bits per heavy atom. The minimum absolute atomic E-state index is 0.0244. The van der Waals surface area contributed by atoms with Crippen LogP contribution in [-0.2, 0) is 15.8 Å². The predicted molar refractivity (Wildman–Crippen MR) is 264 cm³/mol. The van der Waals surface area contributed by atoms with E-state index in [1.807, 2.05) is 21.9 Å². The molecule has 2 unspecified atom stereocenters. The molecule has 372 valence electrons.